The lowest BCUT2D eigenvalue weighted by atomic mass is 9.81. The topological polar surface area (TPSA) is 136 Å². The molecule has 9 nitrogen and oxygen atoms in total. The molecule has 33 heavy (non-hydrogen) atoms. The highest BCUT2D eigenvalue weighted by molar-refractivity contribution is 6.21. The lowest BCUT2D eigenvalue weighted by Crippen LogP contribution is -2.72. The molecule has 0 saturated carbocycles. The molecule has 0 bridgehead atoms. The second-order valence-electron chi connectivity index (χ2n) is 7.83. The number of methoxy groups -OCH3 is 1. The summed E-state index contributed by atoms with van der Waals surface area (Å²) < 4.78 is 6.54. The van der Waals surface area contributed by atoms with Crippen molar-refractivity contribution in [1.29, 1.82) is 0 Å². The van der Waals surface area contributed by atoms with Crippen LogP contribution in [0, 0.1) is 0 Å². The number of aromatic amines is 1. The lowest BCUT2D eigenvalue weighted by Gasteiger charge is -2.23. The number of aliphatic hydroxyl groups excluding tert-OH is 1. The molecular formula is C24H20N3O6+. The predicted octanol–water partition coefficient (Wildman–Crippen LogP) is 0.511. The largest absolute Gasteiger partial charge is 0.507 e. The summed E-state index contributed by atoms with van der Waals surface area (Å²) >= 11 is 0. The lowest BCUT2D eigenvalue weighted by molar-refractivity contribution is -0.364. The second-order valence-corrected chi connectivity index (χ2v) is 7.83. The van der Waals surface area contributed by atoms with Crippen LogP contribution in [-0.4, -0.2) is 45.2 Å². The van der Waals surface area contributed by atoms with Crippen molar-refractivity contribution >= 4 is 23.3 Å². The molecule has 2 heterocycles. The van der Waals surface area contributed by atoms with E-state index in [0.29, 0.717) is 28.2 Å². The minimum absolute atomic E-state index is 0.0279. The fourth-order valence-corrected chi connectivity index (χ4v) is 4.53. The van der Waals surface area contributed by atoms with Gasteiger partial charge in [0.1, 0.15) is 23.6 Å². The number of carboxylic acids is 1. The van der Waals surface area contributed by atoms with Gasteiger partial charge in [-0.2, -0.15) is 4.57 Å². The number of hydrogen-bond donors (Lipinski definition) is 4. The van der Waals surface area contributed by atoms with Crippen LogP contribution in [0.5, 0.6) is 0 Å². The number of carboxylic acid groups (broad SMARTS) is 1. The van der Waals surface area contributed by atoms with Gasteiger partial charge in [0.15, 0.2) is 0 Å². The first-order chi connectivity index (χ1) is 15.9. The molecule has 3 aromatic rings. The van der Waals surface area contributed by atoms with E-state index in [2.05, 4.69) is 9.98 Å². The Labute approximate surface area is 186 Å². The van der Waals surface area contributed by atoms with Crippen molar-refractivity contribution in [3.63, 3.8) is 0 Å². The number of ether oxygens (including phenoxy) is 1. The molecule has 0 spiro atoms. The number of fused-ring (bicyclic) bond motifs is 4. The van der Waals surface area contributed by atoms with Gasteiger partial charge in [0.2, 0.25) is 0 Å². The predicted molar refractivity (Wildman–Crippen MR) is 119 cm³/mol. The number of aromatic carboxylic acids is 1. The number of H-pyrrole nitrogens is 1. The van der Waals surface area contributed by atoms with Crippen LogP contribution >= 0.6 is 0 Å². The maximum Gasteiger partial charge on any atom is 0.415 e. The Morgan fingerprint density at radius 1 is 1.12 bits per heavy atom. The van der Waals surface area contributed by atoms with Crippen LogP contribution in [0.4, 0.5) is 5.82 Å². The Hall–Kier alpha value is -4.24. The van der Waals surface area contributed by atoms with Crippen LogP contribution in [0.2, 0.25) is 0 Å². The number of benzene rings is 2. The standard InChI is InChI=1S/C24H19N3O6/c1-33-11-10-27-21-18(22(29)26-24(27)32)16(12-6-8-13(9-7-12)23(30)31)17-19(25-21)14-4-2-3-5-15(14)20(17)28/h2-9,16,28H,10-11H2,1H3,(H,30,31)(H,26,29,32)/p+1. The molecule has 4 N–H and O–H groups in total. The van der Waals surface area contributed by atoms with Crippen LogP contribution < -0.4 is 16.2 Å². The highest BCUT2D eigenvalue weighted by atomic mass is 16.5. The normalized spacial score (nSPS) is 16.2. The molecule has 2 aromatic carbocycles. The monoisotopic (exact) mass is 446 g/mol. The van der Waals surface area contributed by atoms with Crippen molar-refractivity contribution in [2.45, 2.75) is 12.5 Å². The van der Waals surface area contributed by atoms with Gasteiger partial charge in [0.25, 0.3) is 11.4 Å². The zero-order valence-electron chi connectivity index (χ0n) is 17.6. The van der Waals surface area contributed by atoms with Crippen LogP contribution in [0.25, 0.3) is 5.76 Å². The quantitative estimate of drug-likeness (QED) is 0.451. The van der Waals surface area contributed by atoms with Crippen molar-refractivity contribution in [2.24, 2.45) is 0 Å². The van der Waals surface area contributed by atoms with Crippen molar-refractivity contribution < 1.29 is 24.7 Å². The van der Waals surface area contributed by atoms with E-state index >= 15 is 0 Å². The molecule has 0 radical (unpaired) electrons. The van der Waals surface area contributed by atoms with Gasteiger partial charge in [-0.3, -0.25) is 9.78 Å². The zero-order chi connectivity index (χ0) is 23.3. The van der Waals surface area contributed by atoms with Crippen LogP contribution in [0.15, 0.2) is 63.7 Å². The van der Waals surface area contributed by atoms with E-state index in [0.717, 1.165) is 5.56 Å². The molecule has 5 rings (SSSR count). The molecule has 9 heteroatoms. The molecule has 0 saturated heterocycles. The van der Waals surface area contributed by atoms with E-state index in [1.807, 2.05) is 12.1 Å². The van der Waals surface area contributed by atoms with Gasteiger partial charge in [0, 0.05) is 18.2 Å². The summed E-state index contributed by atoms with van der Waals surface area (Å²) in [5.41, 5.74) is 2.25. The molecule has 0 fully saturated rings. The third kappa shape index (κ3) is 3.13. The minimum Gasteiger partial charge on any atom is -0.507 e. The molecule has 1 aliphatic heterocycles. The highest BCUT2D eigenvalue weighted by Gasteiger charge is 2.44. The fourth-order valence-electron chi connectivity index (χ4n) is 4.53. The number of carbonyl (C=O) groups is 1. The van der Waals surface area contributed by atoms with Gasteiger partial charge in [-0.1, -0.05) is 30.3 Å². The summed E-state index contributed by atoms with van der Waals surface area (Å²) in [6.45, 7) is 0.448. The summed E-state index contributed by atoms with van der Waals surface area (Å²) in [4.78, 5) is 42.7. The molecule has 2 aliphatic rings. The SMILES string of the molecule is COCCn1c2c(c(=O)[nH]c1=O)C(c1ccc(C(=O)O)cc1)C1=C(O)c3ccccc3C1=[NH+]2. The van der Waals surface area contributed by atoms with Gasteiger partial charge < -0.3 is 14.9 Å². The molecule has 0 amide bonds. The Morgan fingerprint density at radius 3 is 2.48 bits per heavy atom. The second kappa shape index (κ2) is 7.72. The number of nitrogens with zero attached hydrogens (tertiary/aromatic N) is 1. The summed E-state index contributed by atoms with van der Waals surface area (Å²) in [7, 11) is 1.52. The number of nitrogens with one attached hydrogen (secondary N) is 2. The first kappa shape index (κ1) is 20.7. The summed E-state index contributed by atoms with van der Waals surface area (Å²) in [5, 5.41) is 20.4. The summed E-state index contributed by atoms with van der Waals surface area (Å²) in [6.07, 6.45) is 0. The summed E-state index contributed by atoms with van der Waals surface area (Å²) in [6, 6.07) is 13.4. The zero-order valence-corrected chi connectivity index (χ0v) is 17.6. The Balaban J connectivity index is 1.84. The van der Waals surface area contributed by atoms with Gasteiger partial charge in [-0.25, -0.2) is 14.6 Å². The molecule has 1 aromatic heterocycles. The Kier molecular flexibility index (Phi) is 4.83. The minimum atomic E-state index is -1.07. The smallest absolute Gasteiger partial charge is 0.415 e. The molecule has 1 aliphatic carbocycles. The maximum absolute atomic E-state index is 13.1. The number of rotatable bonds is 5. The summed E-state index contributed by atoms with van der Waals surface area (Å²) in [5.74, 6) is -1.46. The molecule has 166 valence electrons. The maximum atomic E-state index is 13.1. The molecule has 1 unspecified atom stereocenters. The van der Waals surface area contributed by atoms with E-state index < -0.39 is 23.1 Å². The van der Waals surface area contributed by atoms with Crippen LogP contribution in [-0.2, 0) is 11.3 Å². The number of aromatic nitrogens is 2. The van der Waals surface area contributed by atoms with Crippen LogP contribution in [0.3, 0.4) is 0 Å². The molecular weight excluding hydrogens is 426 g/mol. The van der Waals surface area contributed by atoms with Gasteiger partial charge in [0.05, 0.1) is 23.7 Å². The Bertz CT molecular complexity index is 1480. The van der Waals surface area contributed by atoms with Gasteiger partial charge >= 0.3 is 11.7 Å². The average Bonchev–Trinajstić information content (AvgIpc) is 3.10. The third-order valence-electron chi connectivity index (χ3n) is 6.04. The van der Waals surface area contributed by atoms with E-state index in [4.69, 9.17) is 4.74 Å². The highest BCUT2D eigenvalue weighted by Crippen LogP contribution is 2.43. The Morgan fingerprint density at radius 2 is 1.82 bits per heavy atom. The number of allylic oxidation sites excluding steroid dienone is 1. The fraction of sp³-hybridized carbons (Fsp3) is 0.167. The van der Waals surface area contributed by atoms with Crippen molar-refractivity contribution in [1.82, 2.24) is 9.55 Å². The van der Waals surface area contributed by atoms with Crippen molar-refractivity contribution in [3.8, 4) is 0 Å². The molecule has 1 atom stereocenters. The van der Waals surface area contributed by atoms with E-state index in [1.165, 1.54) is 23.8 Å². The first-order valence-corrected chi connectivity index (χ1v) is 10.3. The van der Waals surface area contributed by atoms with Crippen LogP contribution in [0.1, 0.15) is 38.5 Å². The number of hydrogen-bond acceptors (Lipinski definition) is 5. The average molecular weight is 446 g/mol. The van der Waals surface area contributed by atoms with Gasteiger partial charge in [-0.05, 0) is 23.8 Å². The van der Waals surface area contributed by atoms with Crippen molar-refractivity contribution in [3.05, 3.63) is 103 Å². The van der Waals surface area contributed by atoms with E-state index in [9.17, 15) is 24.6 Å². The van der Waals surface area contributed by atoms with Crippen molar-refractivity contribution in [2.75, 3.05) is 13.7 Å². The van der Waals surface area contributed by atoms with E-state index in [-0.39, 0.29) is 30.0 Å². The third-order valence-corrected chi connectivity index (χ3v) is 6.04. The van der Waals surface area contributed by atoms with Gasteiger partial charge in [-0.15, -0.1) is 0 Å². The first-order valence-electron chi connectivity index (χ1n) is 10.3. The number of aliphatic hydroxyl groups is 1. The van der Waals surface area contributed by atoms with E-state index in [1.54, 1.807) is 24.3 Å².